The monoisotopic (exact) mass is 270 g/mol. The van der Waals surface area contributed by atoms with Crippen LogP contribution in [0, 0.1) is 6.92 Å². The number of rotatable bonds is 8. The van der Waals surface area contributed by atoms with E-state index in [0.717, 1.165) is 31.5 Å². The molecule has 0 aliphatic rings. The molecule has 0 spiro atoms. The molecular formula is C14H26N2OS. The number of ether oxygens (including phenoxy) is 1. The predicted molar refractivity (Wildman–Crippen MR) is 78.3 cm³/mol. The Bertz CT molecular complexity index is 347. The molecule has 1 rings (SSSR count). The van der Waals surface area contributed by atoms with Crippen LogP contribution in [0.4, 0.5) is 0 Å². The van der Waals surface area contributed by atoms with E-state index >= 15 is 0 Å². The summed E-state index contributed by atoms with van der Waals surface area (Å²) >= 11 is 1.74. The molecule has 2 atom stereocenters. The van der Waals surface area contributed by atoms with Crippen LogP contribution >= 0.6 is 11.3 Å². The van der Waals surface area contributed by atoms with Gasteiger partial charge in [-0.25, -0.2) is 4.98 Å². The van der Waals surface area contributed by atoms with E-state index in [1.54, 1.807) is 18.4 Å². The number of aryl methyl sites for hydroxylation is 1. The Labute approximate surface area is 115 Å². The van der Waals surface area contributed by atoms with Crippen LogP contribution in [0.15, 0.2) is 5.38 Å². The predicted octanol–water partition coefficient (Wildman–Crippen LogP) is 3.18. The number of nitrogens with zero attached hydrogens (tertiary/aromatic N) is 1. The van der Waals surface area contributed by atoms with Crippen molar-refractivity contribution in [3.05, 3.63) is 16.1 Å². The minimum atomic E-state index is -0.130. The lowest BCUT2D eigenvalue weighted by molar-refractivity contribution is -0.0287. The fraction of sp³-hybridized carbons (Fsp3) is 0.786. The van der Waals surface area contributed by atoms with E-state index in [1.165, 1.54) is 5.01 Å². The molecular weight excluding hydrogens is 244 g/mol. The van der Waals surface area contributed by atoms with Crippen molar-refractivity contribution in [1.29, 1.82) is 0 Å². The molecule has 0 saturated carbocycles. The molecule has 0 radical (unpaired) electrons. The fourth-order valence-electron chi connectivity index (χ4n) is 2.03. The summed E-state index contributed by atoms with van der Waals surface area (Å²) in [6, 6.07) is 0.318. The number of nitrogens with one attached hydrogen (secondary N) is 1. The summed E-state index contributed by atoms with van der Waals surface area (Å²) < 4.78 is 5.74. The Hall–Kier alpha value is -0.450. The van der Waals surface area contributed by atoms with Crippen LogP contribution in [0.1, 0.15) is 44.3 Å². The standard InChI is InChI=1S/C14H26N2OS/c1-6-8-15-12(14(4,7-2)17-5)9-13-16-11(3)10-18-13/h10,12,15H,6-9H2,1-5H3. The van der Waals surface area contributed by atoms with Crippen molar-refractivity contribution in [2.45, 2.75) is 58.6 Å². The van der Waals surface area contributed by atoms with Gasteiger partial charge in [0.2, 0.25) is 0 Å². The van der Waals surface area contributed by atoms with Gasteiger partial charge in [0.05, 0.1) is 10.6 Å². The topological polar surface area (TPSA) is 34.2 Å². The number of aromatic nitrogens is 1. The maximum atomic E-state index is 5.74. The molecule has 0 aliphatic carbocycles. The van der Waals surface area contributed by atoms with E-state index in [-0.39, 0.29) is 5.60 Å². The Balaban J connectivity index is 2.77. The minimum absolute atomic E-state index is 0.130. The lowest BCUT2D eigenvalue weighted by atomic mass is 9.90. The molecule has 3 nitrogen and oxygen atoms in total. The molecule has 1 aromatic heterocycles. The van der Waals surface area contributed by atoms with Gasteiger partial charge in [0, 0.05) is 30.6 Å². The fourth-order valence-corrected chi connectivity index (χ4v) is 2.85. The first-order valence-electron chi connectivity index (χ1n) is 6.75. The summed E-state index contributed by atoms with van der Waals surface area (Å²) in [5, 5.41) is 6.92. The van der Waals surface area contributed by atoms with E-state index in [9.17, 15) is 0 Å². The van der Waals surface area contributed by atoms with Crippen molar-refractivity contribution >= 4 is 11.3 Å². The number of methoxy groups -OCH3 is 1. The average molecular weight is 270 g/mol. The van der Waals surface area contributed by atoms with Crippen molar-refractivity contribution in [1.82, 2.24) is 10.3 Å². The maximum Gasteiger partial charge on any atom is 0.0944 e. The third-order valence-corrected chi connectivity index (χ3v) is 4.58. The highest BCUT2D eigenvalue weighted by molar-refractivity contribution is 7.09. The van der Waals surface area contributed by atoms with Gasteiger partial charge in [-0.15, -0.1) is 11.3 Å². The third-order valence-electron chi connectivity index (χ3n) is 3.59. The van der Waals surface area contributed by atoms with Gasteiger partial charge in [0.15, 0.2) is 0 Å². The molecule has 0 aromatic carbocycles. The molecule has 0 fully saturated rings. The molecule has 0 amide bonds. The number of hydrogen-bond donors (Lipinski definition) is 1. The van der Waals surface area contributed by atoms with Gasteiger partial charge >= 0.3 is 0 Å². The van der Waals surface area contributed by atoms with Gasteiger partial charge in [-0.3, -0.25) is 0 Å². The molecule has 0 saturated heterocycles. The summed E-state index contributed by atoms with van der Waals surface area (Å²) in [5.74, 6) is 0. The van der Waals surface area contributed by atoms with Crippen molar-refractivity contribution in [3.8, 4) is 0 Å². The second kappa shape index (κ2) is 7.22. The Morgan fingerprint density at radius 2 is 2.22 bits per heavy atom. The second-order valence-electron chi connectivity index (χ2n) is 4.96. The summed E-state index contributed by atoms with van der Waals surface area (Å²) in [5.41, 5.74) is 0.981. The molecule has 4 heteroatoms. The number of hydrogen-bond acceptors (Lipinski definition) is 4. The zero-order valence-electron chi connectivity index (χ0n) is 12.2. The van der Waals surface area contributed by atoms with Crippen LogP contribution in [-0.4, -0.2) is 30.3 Å². The van der Waals surface area contributed by atoms with Gasteiger partial charge in [0.1, 0.15) is 0 Å². The van der Waals surface area contributed by atoms with Gasteiger partial charge in [-0.1, -0.05) is 13.8 Å². The van der Waals surface area contributed by atoms with E-state index in [1.807, 2.05) is 6.92 Å². The van der Waals surface area contributed by atoms with E-state index in [2.05, 4.69) is 36.5 Å². The molecule has 1 heterocycles. The van der Waals surface area contributed by atoms with E-state index in [4.69, 9.17) is 4.74 Å². The summed E-state index contributed by atoms with van der Waals surface area (Å²) in [6.07, 6.45) is 3.07. The highest BCUT2D eigenvalue weighted by Crippen LogP contribution is 2.23. The number of thiazole rings is 1. The molecule has 104 valence electrons. The lowest BCUT2D eigenvalue weighted by Gasteiger charge is -2.36. The van der Waals surface area contributed by atoms with Crippen molar-refractivity contribution in [2.75, 3.05) is 13.7 Å². The first-order valence-corrected chi connectivity index (χ1v) is 7.63. The van der Waals surface area contributed by atoms with Crippen LogP contribution in [0.3, 0.4) is 0 Å². The molecule has 0 aliphatic heterocycles. The van der Waals surface area contributed by atoms with Gasteiger partial charge in [-0.2, -0.15) is 0 Å². The normalized spacial score (nSPS) is 16.5. The lowest BCUT2D eigenvalue weighted by Crippen LogP contribution is -2.51. The zero-order chi connectivity index (χ0) is 13.6. The van der Waals surface area contributed by atoms with Crippen molar-refractivity contribution in [2.24, 2.45) is 0 Å². The molecule has 18 heavy (non-hydrogen) atoms. The quantitative estimate of drug-likeness (QED) is 0.788. The van der Waals surface area contributed by atoms with E-state index < -0.39 is 0 Å². The summed E-state index contributed by atoms with van der Waals surface area (Å²) in [7, 11) is 1.80. The highest BCUT2D eigenvalue weighted by Gasteiger charge is 2.32. The van der Waals surface area contributed by atoms with Crippen LogP contribution in [0.2, 0.25) is 0 Å². The smallest absolute Gasteiger partial charge is 0.0944 e. The first-order chi connectivity index (χ1) is 8.55. The average Bonchev–Trinajstić information content (AvgIpc) is 2.79. The zero-order valence-corrected chi connectivity index (χ0v) is 13.1. The largest absolute Gasteiger partial charge is 0.377 e. The van der Waals surface area contributed by atoms with Gasteiger partial charge < -0.3 is 10.1 Å². The first kappa shape index (κ1) is 15.6. The Morgan fingerprint density at radius 3 is 2.67 bits per heavy atom. The Kier molecular flexibility index (Phi) is 6.26. The third kappa shape index (κ3) is 4.04. The van der Waals surface area contributed by atoms with Crippen LogP contribution in [0.5, 0.6) is 0 Å². The second-order valence-corrected chi connectivity index (χ2v) is 5.91. The minimum Gasteiger partial charge on any atom is -0.377 e. The molecule has 2 unspecified atom stereocenters. The molecule has 1 aromatic rings. The van der Waals surface area contributed by atoms with Crippen LogP contribution in [0.25, 0.3) is 0 Å². The van der Waals surface area contributed by atoms with Gasteiger partial charge in [0.25, 0.3) is 0 Å². The summed E-state index contributed by atoms with van der Waals surface area (Å²) in [6.45, 7) is 9.61. The molecule has 0 bridgehead atoms. The highest BCUT2D eigenvalue weighted by atomic mass is 32.1. The van der Waals surface area contributed by atoms with E-state index in [0.29, 0.717) is 6.04 Å². The van der Waals surface area contributed by atoms with Crippen LogP contribution in [-0.2, 0) is 11.2 Å². The van der Waals surface area contributed by atoms with Crippen LogP contribution < -0.4 is 5.32 Å². The SMILES string of the molecule is CCCNC(Cc1nc(C)cs1)C(C)(CC)OC. The summed E-state index contributed by atoms with van der Waals surface area (Å²) in [4.78, 5) is 4.56. The van der Waals surface area contributed by atoms with Gasteiger partial charge in [-0.05, 0) is 33.2 Å². The molecule has 1 N–H and O–H groups in total. The Morgan fingerprint density at radius 1 is 1.50 bits per heavy atom. The maximum absolute atomic E-state index is 5.74. The van der Waals surface area contributed by atoms with Crippen molar-refractivity contribution in [3.63, 3.8) is 0 Å². The van der Waals surface area contributed by atoms with Crippen molar-refractivity contribution < 1.29 is 4.74 Å².